The van der Waals surface area contributed by atoms with Crippen LogP contribution in [0.4, 0.5) is 5.69 Å². The van der Waals surface area contributed by atoms with E-state index in [1.807, 2.05) is 0 Å². The first-order valence-electron chi connectivity index (χ1n) is 6.87. The molecule has 0 unspecified atom stereocenters. The smallest absolute Gasteiger partial charge is 0.243 e. The maximum atomic E-state index is 12.2. The fraction of sp³-hybridized carbons (Fsp3) is 0.500. The molecule has 1 aliphatic carbocycles. The second-order valence-corrected chi connectivity index (χ2v) is 7.63. The summed E-state index contributed by atoms with van der Waals surface area (Å²) in [5, 5.41) is 3.17. The zero-order valence-electron chi connectivity index (χ0n) is 12.7. The Hall–Kier alpha value is -1.47. The van der Waals surface area contributed by atoms with Crippen LogP contribution in [0.5, 0.6) is 5.75 Å². The van der Waals surface area contributed by atoms with Crippen molar-refractivity contribution in [1.29, 1.82) is 0 Å². The van der Waals surface area contributed by atoms with Crippen molar-refractivity contribution in [1.82, 2.24) is 5.32 Å². The van der Waals surface area contributed by atoms with E-state index in [0.717, 1.165) is 23.4 Å². The highest BCUT2D eigenvalue weighted by Crippen LogP contribution is 2.34. The number of nitrogens with zero attached hydrogens (tertiary/aromatic N) is 1. The Bertz CT molecular complexity index is 673. The topological polar surface area (TPSA) is 75.7 Å². The number of anilines is 1. The molecule has 0 aromatic heterocycles. The molecular formula is C14H19ClN2O4S. The number of halogens is 1. The molecule has 0 spiro atoms. The Morgan fingerprint density at radius 1 is 1.45 bits per heavy atom. The minimum atomic E-state index is -3.69. The van der Waals surface area contributed by atoms with E-state index < -0.39 is 16.1 Å². The molecule has 0 radical (unpaired) electrons. The largest absolute Gasteiger partial charge is 0.495 e. The van der Waals surface area contributed by atoms with Crippen LogP contribution < -0.4 is 14.4 Å². The van der Waals surface area contributed by atoms with Crippen molar-refractivity contribution in [3.8, 4) is 5.75 Å². The molecule has 0 aliphatic heterocycles. The predicted octanol–water partition coefficient (Wildman–Crippen LogP) is 1.78. The van der Waals surface area contributed by atoms with Crippen LogP contribution in [0.2, 0.25) is 5.02 Å². The van der Waals surface area contributed by atoms with Gasteiger partial charge in [-0.2, -0.15) is 0 Å². The first kappa shape index (κ1) is 16.9. The van der Waals surface area contributed by atoms with Crippen molar-refractivity contribution in [2.75, 3.05) is 17.7 Å². The van der Waals surface area contributed by atoms with E-state index in [0.29, 0.717) is 10.8 Å². The number of rotatable bonds is 6. The van der Waals surface area contributed by atoms with Gasteiger partial charge in [-0.05, 0) is 38.0 Å². The number of carbonyl (C=O) groups is 1. The quantitative estimate of drug-likeness (QED) is 0.852. The van der Waals surface area contributed by atoms with Crippen molar-refractivity contribution >= 4 is 33.2 Å². The number of methoxy groups -OCH3 is 1. The summed E-state index contributed by atoms with van der Waals surface area (Å²) >= 11 is 5.97. The van der Waals surface area contributed by atoms with E-state index in [-0.39, 0.29) is 17.6 Å². The Morgan fingerprint density at radius 3 is 2.59 bits per heavy atom. The van der Waals surface area contributed by atoms with Crippen LogP contribution in [-0.4, -0.2) is 39.8 Å². The summed E-state index contributed by atoms with van der Waals surface area (Å²) in [5.41, 5.74) is 0.246. The number of ether oxygens (including phenoxy) is 1. The van der Waals surface area contributed by atoms with Gasteiger partial charge >= 0.3 is 0 Å². The Labute approximate surface area is 135 Å². The summed E-state index contributed by atoms with van der Waals surface area (Å²) in [5.74, 6) is -0.00384. The zero-order valence-corrected chi connectivity index (χ0v) is 14.2. The average molecular weight is 347 g/mol. The van der Waals surface area contributed by atoms with Gasteiger partial charge < -0.3 is 10.1 Å². The van der Waals surface area contributed by atoms with Gasteiger partial charge in [0.05, 0.1) is 19.1 Å². The molecule has 1 aromatic rings. The first-order valence-corrected chi connectivity index (χ1v) is 9.10. The van der Waals surface area contributed by atoms with Crippen LogP contribution in [0.15, 0.2) is 18.2 Å². The number of sulfonamides is 1. The van der Waals surface area contributed by atoms with Crippen LogP contribution >= 0.6 is 11.6 Å². The van der Waals surface area contributed by atoms with E-state index in [1.165, 1.54) is 13.2 Å². The molecule has 8 heteroatoms. The standard InChI is InChI=1S/C14H19ClN2O4S/c1-9(14(18)16-11-5-6-11)17(22(3,19)20)12-8-10(15)4-7-13(12)21-2/h4,7-9,11H,5-6H2,1-3H3,(H,16,18)/t9-/m0/s1. The van der Waals surface area contributed by atoms with Gasteiger partial charge in [0.1, 0.15) is 11.8 Å². The van der Waals surface area contributed by atoms with Gasteiger partial charge in [0, 0.05) is 11.1 Å². The van der Waals surface area contributed by atoms with E-state index in [2.05, 4.69) is 5.32 Å². The highest BCUT2D eigenvalue weighted by Gasteiger charge is 2.34. The monoisotopic (exact) mass is 346 g/mol. The number of carbonyl (C=O) groups excluding carboxylic acids is 1. The molecule has 0 heterocycles. The van der Waals surface area contributed by atoms with Crippen LogP contribution in [0, 0.1) is 0 Å². The first-order chi connectivity index (χ1) is 10.2. The predicted molar refractivity (Wildman–Crippen MR) is 86.0 cm³/mol. The van der Waals surface area contributed by atoms with Crippen molar-refractivity contribution in [2.45, 2.75) is 31.8 Å². The molecule has 2 rings (SSSR count). The lowest BCUT2D eigenvalue weighted by Crippen LogP contribution is -2.48. The third-order valence-electron chi connectivity index (χ3n) is 3.39. The fourth-order valence-corrected chi connectivity index (χ4v) is 3.50. The normalized spacial score (nSPS) is 16.0. The summed E-state index contributed by atoms with van der Waals surface area (Å²) < 4.78 is 30.7. The molecule has 1 aliphatic rings. The molecule has 1 atom stereocenters. The fourth-order valence-electron chi connectivity index (χ4n) is 2.17. The number of amides is 1. The second kappa shape index (κ2) is 6.34. The van der Waals surface area contributed by atoms with E-state index >= 15 is 0 Å². The molecule has 1 fully saturated rings. The molecule has 0 saturated heterocycles. The molecule has 1 saturated carbocycles. The number of nitrogens with one attached hydrogen (secondary N) is 1. The van der Waals surface area contributed by atoms with Crippen molar-refractivity contribution in [2.24, 2.45) is 0 Å². The lowest BCUT2D eigenvalue weighted by molar-refractivity contribution is -0.121. The maximum absolute atomic E-state index is 12.2. The van der Waals surface area contributed by atoms with Gasteiger partial charge in [-0.25, -0.2) is 8.42 Å². The Balaban J connectivity index is 2.42. The van der Waals surface area contributed by atoms with Gasteiger partial charge in [-0.3, -0.25) is 9.10 Å². The van der Waals surface area contributed by atoms with Crippen LogP contribution in [-0.2, 0) is 14.8 Å². The SMILES string of the molecule is COc1ccc(Cl)cc1N([C@@H](C)C(=O)NC1CC1)S(C)(=O)=O. The second-order valence-electron chi connectivity index (χ2n) is 5.33. The van der Waals surface area contributed by atoms with E-state index in [4.69, 9.17) is 16.3 Å². The van der Waals surface area contributed by atoms with Crippen molar-refractivity contribution in [3.05, 3.63) is 23.2 Å². The number of hydrogen-bond acceptors (Lipinski definition) is 4. The lowest BCUT2D eigenvalue weighted by atomic mass is 10.2. The lowest BCUT2D eigenvalue weighted by Gasteiger charge is -2.29. The number of hydrogen-bond donors (Lipinski definition) is 1. The summed E-state index contributed by atoms with van der Waals surface area (Å²) in [7, 11) is -2.26. The molecule has 22 heavy (non-hydrogen) atoms. The zero-order chi connectivity index (χ0) is 16.5. The number of benzene rings is 1. The third kappa shape index (κ3) is 3.84. The molecule has 1 aromatic carbocycles. The summed E-state index contributed by atoms with van der Waals surface area (Å²) in [6.45, 7) is 1.54. The Kier molecular flexibility index (Phi) is 4.87. The molecule has 0 bridgehead atoms. The summed E-state index contributed by atoms with van der Waals surface area (Å²) in [6, 6.07) is 3.89. The molecule has 122 valence electrons. The summed E-state index contributed by atoms with van der Waals surface area (Å²) in [4.78, 5) is 12.2. The van der Waals surface area contributed by atoms with Crippen LogP contribution in [0.1, 0.15) is 19.8 Å². The van der Waals surface area contributed by atoms with Crippen LogP contribution in [0.3, 0.4) is 0 Å². The average Bonchev–Trinajstić information content (AvgIpc) is 3.21. The minimum Gasteiger partial charge on any atom is -0.495 e. The highest BCUT2D eigenvalue weighted by atomic mass is 35.5. The van der Waals surface area contributed by atoms with Gasteiger partial charge in [-0.1, -0.05) is 11.6 Å². The Morgan fingerprint density at radius 2 is 2.09 bits per heavy atom. The van der Waals surface area contributed by atoms with E-state index in [9.17, 15) is 13.2 Å². The summed E-state index contributed by atoms with van der Waals surface area (Å²) in [6.07, 6.45) is 2.91. The third-order valence-corrected chi connectivity index (χ3v) is 4.85. The van der Waals surface area contributed by atoms with Crippen molar-refractivity contribution in [3.63, 3.8) is 0 Å². The van der Waals surface area contributed by atoms with Crippen molar-refractivity contribution < 1.29 is 17.9 Å². The molecular weight excluding hydrogens is 328 g/mol. The highest BCUT2D eigenvalue weighted by molar-refractivity contribution is 7.92. The molecule has 1 amide bonds. The van der Waals surface area contributed by atoms with Gasteiger partial charge in [-0.15, -0.1) is 0 Å². The molecule has 6 nitrogen and oxygen atoms in total. The maximum Gasteiger partial charge on any atom is 0.243 e. The minimum absolute atomic E-state index is 0.151. The van der Waals surface area contributed by atoms with Gasteiger partial charge in [0.2, 0.25) is 15.9 Å². The van der Waals surface area contributed by atoms with Gasteiger partial charge in [0.15, 0.2) is 0 Å². The van der Waals surface area contributed by atoms with Crippen LogP contribution in [0.25, 0.3) is 0 Å². The molecule has 1 N–H and O–H groups in total. The van der Waals surface area contributed by atoms with Gasteiger partial charge in [0.25, 0.3) is 0 Å². The van der Waals surface area contributed by atoms with E-state index in [1.54, 1.807) is 19.1 Å².